The van der Waals surface area contributed by atoms with E-state index in [-0.39, 0.29) is 5.91 Å². The first-order chi connectivity index (χ1) is 14.6. The summed E-state index contributed by atoms with van der Waals surface area (Å²) in [6.45, 7) is 0.699. The molecule has 1 amide bonds. The number of methoxy groups -OCH3 is 1. The van der Waals surface area contributed by atoms with Gasteiger partial charge in [0, 0.05) is 31.1 Å². The minimum absolute atomic E-state index is 0.319. The Bertz CT molecular complexity index is 978. The predicted octanol–water partition coefficient (Wildman–Crippen LogP) is 3.88. The van der Waals surface area contributed by atoms with Gasteiger partial charge >= 0.3 is 0 Å². The second kappa shape index (κ2) is 10.4. The van der Waals surface area contributed by atoms with Crippen molar-refractivity contribution in [3.8, 4) is 5.75 Å². The number of nitrogens with one attached hydrogen (secondary N) is 2. The van der Waals surface area contributed by atoms with Crippen molar-refractivity contribution in [2.24, 2.45) is 0 Å². The number of hydrogen-bond acceptors (Lipinski definition) is 7. The first-order valence-electron chi connectivity index (χ1n) is 9.93. The van der Waals surface area contributed by atoms with E-state index in [1.165, 1.54) is 0 Å². The van der Waals surface area contributed by atoms with Gasteiger partial charge in [-0.2, -0.15) is 4.98 Å². The van der Waals surface area contributed by atoms with Crippen LogP contribution in [0, 0.1) is 0 Å². The Balaban J connectivity index is 1.73. The lowest BCUT2D eigenvalue weighted by Crippen LogP contribution is -2.17. The molecular formula is C22H27N5O3. The molecular weight excluding hydrogens is 382 g/mol. The summed E-state index contributed by atoms with van der Waals surface area (Å²) in [5.41, 5.74) is 3.51. The molecule has 0 bridgehead atoms. The van der Waals surface area contributed by atoms with Crippen LogP contribution in [0.15, 0.2) is 48.5 Å². The third-order valence-corrected chi connectivity index (χ3v) is 4.85. The molecule has 1 heterocycles. The monoisotopic (exact) mass is 409 g/mol. The molecule has 30 heavy (non-hydrogen) atoms. The zero-order chi connectivity index (χ0) is 21.3. The summed E-state index contributed by atoms with van der Waals surface area (Å²) in [7, 11) is 3.63. The van der Waals surface area contributed by atoms with E-state index in [0.29, 0.717) is 18.9 Å². The normalized spacial score (nSPS) is 10.6. The third-order valence-electron chi connectivity index (χ3n) is 4.85. The average Bonchev–Trinajstić information content (AvgIpc) is 2.80. The van der Waals surface area contributed by atoms with E-state index in [1.807, 2.05) is 60.5 Å². The number of fused-ring (bicyclic) bond motifs is 1. The van der Waals surface area contributed by atoms with Crippen molar-refractivity contribution in [3.63, 3.8) is 0 Å². The van der Waals surface area contributed by atoms with Crippen LogP contribution in [0.1, 0.15) is 25.7 Å². The van der Waals surface area contributed by atoms with Gasteiger partial charge in [-0.25, -0.2) is 10.5 Å². The number of benzene rings is 2. The highest BCUT2D eigenvalue weighted by Crippen LogP contribution is 2.30. The summed E-state index contributed by atoms with van der Waals surface area (Å²) in [5.74, 6) is 1.83. The molecule has 0 saturated carbocycles. The molecule has 2 aromatic carbocycles. The second-order valence-electron chi connectivity index (χ2n) is 6.92. The van der Waals surface area contributed by atoms with Crippen molar-refractivity contribution >= 4 is 34.3 Å². The quantitative estimate of drug-likeness (QED) is 0.265. The number of ether oxygens (including phenoxy) is 1. The van der Waals surface area contributed by atoms with Crippen molar-refractivity contribution in [2.45, 2.75) is 25.7 Å². The molecule has 1 aromatic heterocycles. The minimum atomic E-state index is -0.355. The standard InChI is InChI=1S/C22H27N5O3/c1-27(16-11-13-17(30-2)14-12-16)21-18-8-5-6-9-19(18)24-22(25-21)23-15-7-3-4-10-20(28)26-29/h5-6,8-9,11-14,29H,3-4,7,10,15H2,1-2H3,(H,26,28)(H,23,24,25). The van der Waals surface area contributed by atoms with Crippen LogP contribution in [0.5, 0.6) is 5.75 Å². The molecule has 0 fully saturated rings. The molecule has 0 aliphatic carbocycles. The number of hydroxylamine groups is 1. The van der Waals surface area contributed by atoms with Gasteiger partial charge in [0.2, 0.25) is 11.9 Å². The molecule has 3 aromatic rings. The molecule has 3 N–H and O–H groups in total. The van der Waals surface area contributed by atoms with Gasteiger partial charge in [-0.15, -0.1) is 0 Å². The fourth-order valence-corrected chi connectivity index (χ4v) is 3.17. The zero-order valence-electron chi connectivity index (χ0n) is 17.3. The van der Waals surface area contributed by atoms with Crippen molar-refractivity contribution in [2.75, 3.05) is 30.9 Å². The van der Waals surface area contributed by atoms with Gasteiger partial charge in [0.25, 0.3) is 0 Å². The van der Waals surface area contributed by atoms with E-state index in [1.54, 1.807) is 12.6 Å². The highest BCUT2D eigenvalue weighted by molar-refractivity contribution is 5.92. The van der Waals surface area contributed by atoms with E-state index in [0.717, 1.165) is 47.4 Å². The average molecular weight is 409 g/mol. The van der Waals surface area contributed by atoms with Crippen LogP contribution in [-0.2, 0) is 4.79 Å². The smallest absolute Gasteiger partial charge is 0.243 e. The highest BCUT2D eigenvalue weighted by Gasteiger charge is 2.13. The topological polar surface area (TPSA) is 99.6 Å². The van der Waals surface area contributed by atoms with E-state index >= 15 is 0 Å². The fraction of sp³-hybridized carbons (Fsp3) is 0.318. The summed E-state index contributed by atoms with van der Waals surface area (Å²) >= 11 is 0. The van der Waals surface area contributed by atoms with Crippen LogP contribution in [0.4, 0.5) is 17.5 Å². The van der Waals surface area contributed by atoms with E-state index in [9.17, 15) is 4.79 Å². The Hall–Kier alpha value is -3.39. The number of hydrogen-bond donors (Lipinski definition) is 3. The Kier molecular flexibility index (Phi) is 7.40. The number of amides is 1. The molecule has 3 rings (SSSR count). The molecule has 158 valence electrons. The maximum Gasteiger partial charge on any atom is 0.243 e. The molecule has 8 heteroatoms. The van der Waals surface area contributed by atoms with Gasteiger partial charge in [0.15, 0.2) is 0 Å². The molecule has 0 atom stereocenters. The van der Waals surface area contributed by atoms with Crippen LogP contribution < -0.4 is 20.4 Å². The molecule has 0 spiro atoms. The van der Waals surface area contributed by atoms with Crippen LogP contribution in [-0.4, -0.2) is 41.8 Å². The summed E-state index contributed by atoms with van der Waals surface area (Å²) in [5, 5.41) is 12.8. The van der Waals surface area contributed by atoms with Gasteiger partial charge in [0.1, 0.15) is 11.6 Å². The van der Waals surface area contributed by atoms with Gasteiger partial charge in [-0.1, -0.05) is 18.6 Å². The summed E-state index contributed by atoms with van der Waals surface area (Å²) in [6.07, 6.45) is 2.78. The fourth-order valence-electron chi connectivity index (χ4n) is 3.17. The van der Waals surface area contributed by atoms with Crippen molar-refractivity contribution in [1.82, 2.24) is 15.4 Å². The second-order valence-corrected chi connectivity index (χ2v) is 6.92. The number of carbonyl (C=O) groups excluding carboxylic acids is 1. The lowest BCUT2D eigenvalue weighted by molar-refractivity contribution is -0.129. The Morgan fingerprint density at radius 2 is 1.83 bits per heavy atom. The van der Waals surface area contributed by atoms with Crippen LogP contribution in [0.3, 0.4) is 0 Å². The van der Waals surface area contributed by atoms with Gasteiger partial charge in [-0.05, 0) is 49.2 Å². The van der Waals surface area contributed by atoms with Crippen molar-refractivity contribution < 1.29 is 14.7 Å². The van der Waals surface area contributed by atoms with Crippen molar-refractivity contribution in [3.05, 3.63) is 48.5 Å². The number of anilines is 3. The predicted molar refractivity (Wildman–Crippen MR) is 117 cm³/mol. The summed E-state index contributed by atoms with van der Waals surface area (Å²) < 4.78 is 5.25. The lowest BCUT2D eigenvalue weighted by Gasteiger charge is -2.21. The highest BCUT2D eigenvalue weighted by atomic mass is 16.5. The number of para-hydroxylation sites is 1. The number of carbonyl (C=O) groups is 1. The molecule has 0 aliphatic rings. The minimum Gasteiger partial charge on any atom is -0.497 e. The number of aromatic nitrogens is 2. The zero-order valence-corrected chi connectivity index (χ0v) is 17.3. The van der Waals surface area contributed by atoms with E-state index < -0.39 is 0 Å². The first-order valence-corrected chi connectivity index (χ1v) is 9.93. The van der Waals surface area contributed by atoms with Crippen molar-refractivity contribution in [1.29, 1.82) is 0 Å². The molecule has 0 unspecified atom stereocenters. The molecule has 0 aliphatic heterocycles. The summed E-state index contributed by atoms with van der Waals surface area (Å²) in [4.78, 5) is 22.5. The van der Waals surface area contributed by atoms with Gasteiger partial charge in [-0.3, -0.25) is 10.0 Å². The SMILES string of the molecule is COc1ccc(N(C)c2nc(NCCCCCC(=O)NO)nc3ccccc23)cc1. The number of unbranched alkanes of at least 4 members (excludes halogenated alkanes) is 2. The van der Waals surface area contributed by atoms with Gasteiger partial charge in [0.05, 0.1) is 12.6 Å². The third kappa shape index (κ3) is 5.36. The molecule has 0 saturated heterocycles. The lowest BCUT2D eigenvalue weighted by atomic mass is 10.2. The van der Waals surface area contributed by atoms with Crippen LogP contribution in [0.25, 0.3) is 10.9 Å². The number of nitrogens with zero attached hydrogens (tertiary/aromatic N) is 3. The maximum atomic E-state index is 11.0. The first kappa shape index (κ1) is 21.3. The number of rotatable bonds is 10. The van der Waals surface area contributed by atoms with E-state index in [2.05, 4.69) is 10.3 Å². The van der Waals surface area contributed by atoms with Crippen LogP contribution in [0.2, 0.25) is 0 Å². The molecule has 8 nitrogen and oxygen atoms in total. The largest absolute Gasteiger partial charge is 0.497 e. The summed E-state index contributed by atoms with van der Waals surface area (Å²) in [6, 6.07) is 15.8. The maximum absolute atomic E-state index is 11.0. The van der Waals surface area contributed by atoms with Crippen LogP contribution >= 0.6 is 0 Å². The Morgan fingerprint density at radius 3 is 2.57 bits per heavy atom. The van der Waals surface area contributed by atoms with Gasteiger partial charge < -0.3 is 15.0 Å². The van der Waals surface area contributed by atoms with E-state index in [4.69, 9.17) is 14.9 Å². The molecule has 0 radical (unpaired) electrons. The Morgan fingerprint density at radius 1 is 1.07 bits per heavy atom. The Labute approximate surface area is 175 Å².